The summed E-state index contributed by atoms with van der Waals surface area (Å²) in [4.78, 5) is 0.167. The molecule has 0 radical (unpaired) electrons. The Hall–Kier alpha value is -2.30. The molecule has 0 saturated carbocycles. The quantitative estimate of drug-likeness (QED) is 0.740. The molecule has 0 aliphatic rings. The van der Waals surface area contributed by atoms with Gasteiger partial charge in [-0.3, -0.25) is 9.82 Å². The predicted molar refractivity (Wildman–Crippen MR) is 81.2 cm³/mol. The van der Waals surface area contributed by atoms with Gasteiger partial charge in [0.05, 0.1) is 28.5 Å². The average Bonchev–Trinajstić information content (AvgIpc) is 2.77. The van der Waals surface area contributed by atoms with Gasteiger partial charge in [0.25, 0.3) is 10.0 Å². The van der Waals surface area contributed by atoms with Gasteiger partial charge in [0.2, 0.25) is 0 Å². The number of nitrogens with one attached hydrogen (secondary N) is 2. The maximum absolute atomic E-state index is 12.3. The smallest absolute Gasteiger partial charge is 0.262 e. The minimum atomic E-state index is -3.65. The van der Waals surface area contributed by atoms with Crippen LogP contribution in [0.15, 0.2) is 29.2 Å². The molecule has 4 N–H and O–H groups in total. The van der Waals surface area contributed by atoms with Crippen LogP contribution in [0.3, 0.4) is 0 Å². The van der Waals surface area contributed by atoms with Crippen molar-refractivity contribution in [3.05, 3.63) is 41.2 Å². The van der Waals surface area contributed by atoms with Gasteiger partial charge in [0.15, 0.2) is 0 Å². The van der Waals surface area contributed by atoms with Crippen LogP contribution in [-0.2, 0) is 10.0 Å². The van der Waals surface area contributed by atoms with Crippen LogP contribution < -0.4 is 10.5 Å². The fourth-order valence-corrected chi connectivity index (χ4v) is 2.95. The van der Waals surface area contributed by atoms with Gasteiger partial charge in [-0.25, -0.2) is 8.42 Å². The summed E-state index contributed by atoms with van der Waals surface area (Å²) < 4.78 is 27.2. The molecule has 7 heteroatoms. The number of H-pyrrole nitrogens is 1. The highest BCUT2D eigenvalue weighted by Crippen LogP contribution is 2.21. The van der Waals surface area contributed by atoms with E-state index < -0.39 is 10.0 Å². The Balaban J connectivity index is 2.28. The normalized spacial score (nSPS) is 10.8. The molecule has 6 nitrogen and oxygen atoms in total. The van der Waals surface area contributed by atoms with Crippen LogP contribution in [0.1, 0.15) is 17.0 Å². The van der Waals surface area contributed by atoms with E-state index >= 15 is 0 Å². The van der Waals surface area contributed by atoms with Gasteiger partial charge in [0.1, 0.15) is 0 Å². The third-order valence-corrected chi connectivity index (χ3v) is 4.23. The van der Waals surface area contributed by atoms with Gasteiger partial charge in [-0.2, -0.15) is 5.10 Å². The van der Waals surface area contributed by atoms with E-state index in [-0.39, 0.29) is 11.4 Å². The number of nitrogens with two attached hydrogens (primary N) is 1. The maximum atomic E-state index is 12.3. The molecule has 0 aliphatic carbocycles. The average molecular weight is 304 g/mol. The zero-order valence-electron chi connectivity index (χ0n) is 11.8. The Bertz CT molecular complexity index is 776. The third-order valence-electron chi connectivity index (χ3n) is 2.86. The molecule has 0 bridgehead atoms. The van der Waals surface area contributed by atoms with E-state index in [2.05, 4.69) is 26.8 Å². The summed E-state index contributed by atoms with van der Waals surface area (Å²) in [6, 6.07) is 6.31. The largest absolute Gasteiger partial charge is 0.320 e. The lowest BCUT2D eigenvalue weighted by Gasteiger charge is -2.08. The zero-order valence-corrected chi connectivity index (χ0v) is 12.6. The van der Waals surface area contributed by atoms with Crippen LogP contribution in [0.4, 0.5) is 5.69 Å². The van der Waals surface area contributed by atoms with Gasteiger partial charge >= 0.3 is 0 Å². The summed E-state index contributed by atoms with van der Waals surface area (Å²) in [6.07, 6.45) is 0. The minimum Gasteiger partial charge on any atom is -0.320 e. The second-order valence-electron chi connectivity index (χ2n) is 4.44. The number of nitrogens with zero attached hydrogens (tertiary/aromatic N) is 1. The molecule has 0 saturated heterocycles. The summed E-state index contributed by atoms with van der Waals surface area (Å²) in [5.74, 6) is 5.56. The summed E-state index contributed by atoms with van der Waals surface area (Å²) in [5.41, 5.74) is 7.75. The Morgan fingerprint density at radius 3 is 2.48 bits per heavy atom. The third kappa shape index (κ3) is 3.42. The Morgan fingerprint density at radius 1 is 1.29 bits per heavy atom. The second kappa shape index (κ2) is 5.99. The lowest BCUT2D eigenvalue weighted by Crippen LogP contribution is -2.13. The fourth-order valence-electron chi connectivity index (χ4n) is 1.77. The van der Waals surface area contributed by atoms with Crippen molar-refractivity contribution in [2.75, 3.05) is 11.3 Å². The van der Waals surface area contributed by atoms with Gasteiger partial charge < -0.3 is 5.73 Å². The highest BCUT2D eigenvalue weighted by Gasteiger charge is 2.17. The molecule has 0 amide bonds. The van der Waals surface area contributed by atoms with Gasteiger partial charge in [-0.05, 0) is 38.1 Å². The molecular formula is C14H16N4O2S. The van der Waals surface area contributed by atoms with Crippen molar-refractivity contribution in [3.63, 3.8) is 0 Å². The number of sulfonamides is 1. The van der Waals surface area contributed by atoms with Crippen LogP contribution in [0, 0.1) is 25.7 Å². The van der Waals surface area contributed by atoms with Crippen molar-refractivity contribution >= 4 is 15.7 Å². The molecule has 0 aliphatic heterocycles. The van der Waals surface area contributed by atoms with Gasteiger partial charge in [0, 0.05) is 5.56 Å². The number of hydrogen-bond donors (Lipinski definition) is 3. The van der Waals surface area contributed by atoms with Gasteiger partial charge in [-0.15, -0.1) is 0 Å². The number of rotatable bonds is 3. The summed E-state index contributed by atoms with van der Waals surface area (Å²) >= 11 is 0. The van der Waals surface area contributed by atoms with Crippen molar-refractivity contribution in [1.29, 1.82) is 0 Å². The first-order valence-electron chi connectivity index (χ1n) is 6.27. The van der Waals surface area contributed by atoms with E-state index in [0.29, 0.717) is 17.1 Å². The first-order chi connectivity index (χ1) is 9.94. The molecule has 2 aromatic rings. The standard InChI is InChI=1S/C14H16N4O2S/c1-10-14(11(2)17-16-10)18-21(19,20)13-7-5-12(6-8-13)4-3-9-15/h5-8,18H,9,15H2,1-2H3,(H,16,17). The van der Waals surface area contributed by atoms with Crippen LogP contribution in [-0.4, -0.2) is 25.2 Å². The highest BCUT2D eigenvalue weighted by molar-refractivity contribution is 7.92. The second-order valence-corrected chi connectivity index (χ2v) is 6.13. The fraction of sp³-hybridized carbons (Fsp3) is 0.214. The number of hydrogen-bond acceptors (Lipinski definition) is 4. The molecule has 1 heterocycles. The molecule has 0 atom stereocenters. The van der Waals surface area contributed by atoms with E-state index in [1.54, 1.807) is 26.0 Å². The molecule has 21 heavy (non-hydrogen) atoms. The Kier molecular flexibility index (Phi) is 4.31. The molecule has 1 aromatic heterocycles. The first-order valence-corrected chi connectivity index (χ1v) is 7.76. The molecule has 110 valence electrons. The number of aromatic nitrogens is 2. The number of benzene rings is 1. The van der Waals surface area contributed by atoms with E-state index in [1.807, 2.05) is 0 Å². The number of anilines is 1. The van der Waals surface area contributed by atoms with Crippen LogP contribution in [0.25, 0.3) is 0 Å². The summed E-state index contributed by atoms with van der Waals surface area (Å²) in [7, 11) is -3.65. The Morgan fingerprint density at radius 2 is 1.95 bits per heavy atom. The topological polar surface area (TPSA) is 101 Å². The van der Waals surface area contributed by atoms with E-state index in [1.165, 1.54) is 12.1 Å². The van der Waals surface area contributed by atoms with E-state index in [9.17, 15) is 8.42 Å². The van der Waals surface area contributed by atoms with Crippen molar-refractivity contribution in [1.82, 2.24) is 10.2 Å². The van der Waals surface area contributed by atoms with Crippen molar-refractivity contribution < 1.29 is 8.42 Å². The molecule has 0 spiro atoms. The molecule has 1 aromatic carbocycles. The van der Waals surface area contributed by atoms with Crippen molar-refractivity contribution in [2.24, 2.45) is 5.73 Å². The highest BCUT2D eigenvalue weighted by atomic mass is 32.2. The van der Waals surface area contributed by atoms with E-state index in [0.717, 1.165) is 5.56 Å². The SMILES string of the molecule is Cc1n[nH]c(C)c1NS(=O)(=O)c1ccc(C#CCN)cc1. The van der Waals surface area contributed by atoms with Gasteiger partial charge in [-0.1, -0.05) is 11.8 Å². The van der Waals surface area contributed by atoms with Crippen molar-refractivity contribution in [2.45, 2.75) is 18.7 Å². The summed E-state index contributed by atoms with van der Waals surface area (Å²) in [5, 5.41) is 6.70. The predicted octanol–water partition coefficient (Wildman–Crippen LogP) is 1.14. The zero-order chi connectivity index (χ0) is 15.5. The number of aromatic amines is 1. The van der Waals surface area contributed by atoms with Crippen LogP contribution >= 0.6 is 0 Å². The summed E-state index contributed by atoms with van der Waals surface area (Å²) in [6.45, 7) is 3.75. The van der Waals surface area contributed by atoms with Crippen LogP contribution in [0.2, 0.25) is 0 Å². The number of aryl methyl sites for hydroxylation is 2. The molecule has 0 unspecified atom stereocenters. The minimum absolute atomic E-state index is 0.167. The maximum Gasteiger partial charge on any atom is 0.262 e. The van der Waals surface area contributed by atoms with Crippen molar-refractivity contribution in [3.8, 4) is 11.8 Å². The first kappa shape index (κ1) is 15.1. The molecular weight excluding hydrogens is 288 g/mol. The Labute approximate surface area is 123 Å². The molecule has 2 rings (SSSR count). The lowest BCUT2D eigenvalue weighted by molar-refractivity contribution is 0.601. The van der Waals surface area contributed by atoms with Crippen LogP contribution in [0.5, 0.6) is 0 Å². The van der Waals surface area contributed by atoms with E-state index in [4.69, 9.17) is 5.73 Å². The molecule has 0 fully saturated rings. The monoisotopic (exact) mass is 304 g/mol. The lowest BCUT2D eigenvalue weighted by atomic mass is 10.2.